The maximum Gasteiger partial charge on any atom is 0.239 e. The first-order chi connectivity index (χ1) is 13.1. The molecule has 1 aromatic rings. The van der Waals surface area contributed by atoms with E-state index in [0.29, 0.717) is 25.2 Å². The van der Waals surface area contributed by atoms with E-state index in [1.54, 1.807) is 7.05 Å². The molecule has 6 heteroatoms. The first-order valence-electron chi connectivity index (χ1n) is 10.1. The first kappa shape index (κ1) is 21.1. The lowest BCUT2D eigenvalue weighted by atomic mass is 9.95. The zero-order valence-corrected chi connectivity index (χ0v) is 16.9. The van der Waals surface area contributed by atoms with Crippen LogP contribution in [-0.2, 0) is 11.3 Å². The van der Waals surface area contributed by atoms with Gasteiger partial charge in [0.05, 0.1) is 13.2 Å². The molecule has 27 heavy (non-hydrogen) atoms. The van der Waals surface area contributed by atoms with Crippen LogP contribution in [-0.4, -0.2) is 38.1 Å². The highest BCUT2D eigenvalue weighted by atomic mass is 16.5. The van der Waals surface area contributed by atoms with Crippen molar-refractivity contribution in [2.24, 2.45) is 4.99 Å². The predicted molar refractivity (Wildman–Crippen MR) is 110 cm³/mol. The summed E-state index contributed by atoms with van der Waals surface area (Å²) in [5.41, 5.74) is 2.25. The number of aryl methyl sites for hydroxylation is 1. The number of aliphatic imine (C=N–C) groups is 1. The lowest BCUT2D eigenvalue weighted by Crippen LogP contribution is -2.45. The molecule has 0 bridgehead atoms. The molecule has 6 nitrogen and oxygen atoms in total. The minimum Gasteiger partial charge on any atom is -0.493 e. The molecule has 0 aromatic heterocycles. The van der Waals surface area contributed by atoms with Crippen LogP contribution in [0.25, 0.3) is 0 Å². The van der Waals surface area contributed by atoms with Gasteiger partial charge in [0.15, 0.2) is 5.96 Å². The SMILES string of the molecule is CCCOc1cc(C)ccc1CNC(=NC)NCC(=O)NC1CCCCC1. The van der Waals surface area contributed by atoms with Crippen LogP contribution in [0.15, 0.2) is 23.2 Å². The zero-order chi connectivity index (χ0) is 19.5. The number of ether oxygens (including phenoxy) is 1. The van der Waals surface area contributed by atoms with Gasteiger partial charge >= 0.3 is 0 Å². The van der Waals surface area contributed by atoms with Gasteiger partial charge in [-0.3, -0.25) is 9.79 Å². The van der Waals surface area contributed by atoms with Crippen molar-refractivity contribution < 1.29 is 9.53 Å². The number of rotatable bonds is 8. The molecule has 1 amide bonds. The summed E-state index contributed by atoms with van der Waals surface area (Å²) >= 11 is 0. The molecule has 150 valence electrons. The van der Waals surface area contributed by atoms with E-state index in [1.165, 1.54) is 24.8 Å². The molecule has 1 fully saturated rings. The molecule has 2 rings (SSSR count). The Morgan fingerprint density at radius 3 is 2.70 bits per heavy atom. The van der Waals surface area contributed by atoms with Gasteiger partial charge in [0, 0.05) is 25.2 Å². The Morgan fingerprint density at radius 1 is 1.22 bits per heavy atom. The van der Waals surface area contributed by atoms with E-state index in [-0.39, 0.29) is 12.5 Å². The van der Waals surface area contributed by atoms with Crippen LogP contribution in [0, 0.1) is 6.92 Å². The molecule has 0 spiro atoms. The summed E-state index contributed by atoms with van der Waals surface area (Å²) in [7, 11) is 1.71. The Labute approximate surface area is 163 Å². The van der Waals surface area contributed by atoms with Crippen LogP contribution in [0.1, 0.15) is 56.6 Å². The van der Waals surface area contributed by atoms with Gasteiger partial charge in [0.25, 0.3) is 0 Å². The highest BCUT2D eigenvalue weighted by Gasteiger charge is 2.15. The van der Waals surface area contributed by atoms with Crippen LogP contribution < -0.4 is 20.7 Å². The van der Waals surface area contributed by atoms with Gasteiger partial charge in [-0.2, -0.15) is 0 Å². The Morgan fingerprint density at radius 2 is 2.00 bits per heavy atom. The van der Waals surface area contributed by atoms with E-state index in [4.69, 9.17) is 4.74 Å². The van der Waals surface area contributed by atoms with Crippen LogP contribution in [0.2, 0.25) is 0 Å². The number of hydrogen-bond donors (Lipinski definition) is 3. The molecule has 1 aromatic carbocycles. The zero-order valence-electron chi connectivity index (χ0n) is 16.9. The summed E-state index contributed by atoms with van der Waals surface area (Å²) in [6, 6.07) is 6.52. The van der Waals surface area contributed by atoms with Crippen LogP contribution >= 0.6 is 0 Å². The van der Waals surface area contributed by atoms with Gasteiger partial charge in [-0.1, -0.05) is 38.3 Å². The average Bonchev–Trinajstić information content (AvgIpc) is 2.68. The molecule has 1 aliphatic rings. The fourth-order valence-electron chi connectivity index (χ4n) is 3.24. The third-order valence-electron chi connectivity index (χ3n) is 4.74. The van der Waals surface area contributed by atoms with Crippen LogP contribution in [0.5, 0.6) is 5.75 Å². The van der Waals surface area contributed by atoms with Gasteiger partial charge < -0.3 is 20.7 Å². The molecule has 0 aliphatic heterocycles. The topological polar surface area (TPSA) is 74.8 Å². The largest absolute Gasteiger partial charge is 0.493 e. The molecule has 1 aliphatic carbocycles. The fourth-order valence-corrected chi connectivity index (χ4v) is 3.24. The third kappa shape index (κ3) is 7.49. The van der Waals surface area contributed by atoms with Gasteiger partial charge in [-0.25, -0.2) is 0 Å². The molecular weight excluding hydrogens is 340 g/mol. The monoisotopic (exact) mass is 374 g/mol. The van der Waals surface area contributed by atoms with Crippen LogP contribution in [0.4, 0.5) is 0 Å². The van der Waals surface area contributed by atoms with E-state index in [1.807, 2.05) is 0 Å². The van der Waals surface area contributed by atoms with Crippen molar-refractivity contribution in [1.82, 2.24) is 16.0 Å². The summed E-state index contributed by atoms with van der Waals surface area (Å²) in [5, 5.41) is 9.46. The number of nitrogens with zero attached hydrogens (tertiary/aromatic N) is 1. The summed E-state index contributed by atoms with van der Waals surface area (Å²) in [6.45, 7) is 5.66. The number of amides is 1. The van der Waals surface area contributed by atoms with E-state index >= 15 is 0 Å². The predicted octanol–water partition coefficient (Wildman–Crippen LogP) is 2.90. The summed E-state index contributed by atoms with van der Waals surface area (Å²) < 4.78 is 5.85. The highest BCUT2D eigenvalue weighted by Crippen LogP contribution is 2.20. The first-order valence-corrected chi connectivity index (χ1v) is 10.1. The maximum absolute atomic E-state index is 12.1. The lowest BCUT2D eigenvalue weighted by Gasteiger charge is -2.23. The number of guanidine groups is 1. The second kappa shape index (κ2) is 11.5. The van der Waals surface area contributed by atoms with Crippen molar-refractivity contribution in [1.29, 1.82) is 0 Å². The summed E-state index contributed by atoms with van der Waals surface area (Å²) in [6.07, 6.45) is 6.85. The van der Waals surface area contributed by atoms with E-state index in [0.717, 1.165) is 30.6 Å². The van der Waals surface area contributed by atoms with E-state index < -0.39 is 0 Å². The van der Waals surface area contributed by atoms with Crippen molar-refractivity contribution in [2.45, 2.75) is 65.0 Å². The molecule has 0 saturated heterocycles. The Balaban J connectivity index is 1.80. The second-order valence-corrected chi connectivity index (χ2v) is 7.14. The Bertz CT molecular complexity index is 625. The minimum atomic E-state index is 0.0205. The Hall–Kier alpha value is -2.24. The summed E-state index contributed by atoms with van der Waals surface area (Å²) in [5.74, 6) is 1.53. The van der Waals surface area contributed by atoms with Crippen molar-refractivity contribution in [3.8, 4) is 5.75 Å². The number of nitrogens with one attached hydrogen (secondary N) is 3. The van der Waals surface area contributed by atoms with Gasteiger partial charge in [0.1, 0.15) is 5.75 Å². The number of carbonyl (C=O) groups excluding carboxylic acids is 1. The van der Waals surface area contributed by atoms with Gasteiger partial charge in [-0.15, -0.1) is 0 Å². The van der Waals surface area contributed by atoms with Crippen LogP contribution in [0.3, 0.4) is 0 Å². The maximum atomic E-state index is 12.1. The number of benzene rings is 1. The van der Waals surface area contributed by atoms with Crippen molar-refractivity contribution >= 4 is 11.9 Å². The number of hydrogen-bond acceptors (Lipinski definition) is 3. The Kier molecular flexibility index (Phi) is 8.95. The van der Waals surface area contributed by atoms with Gasteiger partial charge in [-0.05, 0) is 37.8 Å². The third-order valence-corrected chi connectivity index (χ3v) is 4.74. The van der Waals surface area contributed by atoms with E-state index in [9.17, 15) is 4.79 Å². The second-order valence-electron chi connectivity index (χ2n) is 7.14. The molecule has 0 atom stereocenters. The molecule has 0 heterocycles. The molecular formula is C21H34N4O2. The smallest absolute Gasteiger partial charge is 0.239 e. The van der Waals surface area contributed by atoms with Gasteiger partial charge in [0.2, 0.25) is 5.91 Å². The summed E-state index contributed by atoms with van der Waals surface area (Å²) in [4.78, 5) is 16.3. The lowest BCUT2D eigenvalue weighted by molar-refractivity contribution is -0.120. The molecule has 0 radical (unpaired) electrons. The average molecular weight is 375 g/mol. The highest BCUT2D eigenvalue weighted by molar-refractivity contribution is 5.86. The quantitative estimate of drug-likeness (QED) is 0.483. The molecule has 3 N–H and O–H groups in total. The minimum absolute atomic E-state index is 0.0205. The molecule has 0 unspecified atom stereocenters. The van der Waals surface area contributed by atoms with Crippen molar-refractivity contribution in [2.75, 3.05) is 20.2 Å². The van der Waals surface area contributed by atoms with Crippen molar-refractivity contribution in [3.63, 3.8) is 0 Å². The normalized spacial score (nSPS) is 15.3. The standard InChI is InChI=1S/C21H34N4O2/c1-4-12-27-19-13-16(2)10-11-17(19)14-23-21(22-3)24-15-20(26)25-18-8-6-5-7-9-18/h10-11,13,18H,4-9,12,14-15H2,1-3H3,(H,25,26)(H2,22,23,24). The molecule has 1 saturated carbocycles. The van der Waals surface area contributed by atoms with Crippen molar-refractivity contribution in [3.05, 3.63) is 29.3 Å². The fraction of sp³-hybridized carbons (Fsp3) is 0.619. The number of carbonyl (C=O) groups is 1. The van der Waals surface area contributed by atoms with E-state index in [2.05, 4.69) is 53.0 Å².